The summed E-state index contributed by atoms with van der Waals surface area (Å²) in [5.74, 6) is 0.728. The molecule has 0 aromatic carbocycles. The number of rotatable bonds is 6. The van der Waals surface area contributed by atoms with Gasteiger partial charge in [0.25, 0.3) is 0 Å². The van der Waals surface area contributed by atoms with E-state index in [0.717, 1.165) is 32.0 Å². The van der Waals surface area contributed by atoms with Crippen molar-refractivity contribution in [3.63, 3.8) is 0 Å². The molecule has 0 spiro atoms. The lowest BCUT2D eigenvalue weighted by Gasteiger charge is -2.17. The number of nitrogens with zero attached hydrogens (tertiary/aromatic N) is 3. The smallest absolute Gasteiger partial charge is 0.215 e. The Kier molecular flexibility index (Phi) is 5.20. The molecule has 0 aliphatic heterocycles. The van der Waals surface area contributed by atoms with Crippen LogP contribution in [0.1, 0.15) is 13.8 Å². The zero-order valence-corrected chi connectivity index (χ0v) is 9.97. The molecular formula is C9H17N5S. The number of nitrogens with one attached hydrogen (secondary N) is 2. The van der Waals surface area contributed by atoms with Crippen LogP contribution in [0.5, 0.6) is 0 Å². The van der Waals surface area contributed by atoms with Crippen LogP contribution in [0.25, 0.3) is 0 Å². The Morgan fingerprint density at radius 2 is 2.20 bits per heavy atom. The van der Waals surface area contributed by atoms with Crippen LogP contribution in [0.15, 0.2) is 6.20 Å². The molecule has 0 unspecified atom stereocenters. The molecule has 0 fully saturated rings. The van der Waals surface area contributed by atoms with Crippen molar-refractivity contribution in [2.24, 2.45) is 0 Å². The summed E-state index contributed by atoms with van der Waals surface area (Å²) in [6.07, 6.45) is 1.64. The number of anilines is 1. The molecule has 0 bridgehead atoms. The quantitative estimate of drug-likeness (QED) is 0.717. The van der Waals surface area contributed by atoms with Crippen molar-refractivity contribution in [2.45, 2.75) is 13.8 Å². The zero-order chi connectivity index (χ0) is 11.1. The van der Waals surface area contributed by atoms with Gasteiger partial charge in [0.15, 0.2) is 0 Å². The minimum atomic E-state index is 0.405. The van der Waals surface area contributed by atoms with Gasteiger partial charge in [0.05, 0.1) is 6.20 Å². The van der Waals surface area contributed by atoms with Gasteiger partial charge in [-0.25, -0.2) is 4.98 Å². The first kappa shape index (κ1) is 12.1. The van der Waals surface area contributed by atoms with Gasteiger partial charge < -0.3 is 10.2 Å². The Bertz CT molecular complexity index is 333. The van der Waals surface area contributed by atoms with E-state index in [2.05, 4.69) is 39.2 Å². The summed E-state index contributed by atoms with van der Waals surface area (Å²) in [6.45, 7) is 8.30. The van der Waals surface area contributed by atoms with E-state index in [1.54, 1.807) is 6.20 Å². The molecule has 0 saturated carbocycles. The zero-order valence-electron chi connectivity index (χ0n) is 9.16. The second-order valence-electron chi connectivity index (χ2n) is 3.13. The Morgan fingerprint density at radius 1 is 1.47 bits per heavy atom. The number of hydrogen-bond acceptors (Lipinski definition) is 5. The molecule has 1 rings (SSSR count). The van der Waals surface area contributed by atoms with E-state index < -0.39 is 0 Å². The molecule has 0 saturated heterocycles. The molecule has 15 heavy (non-hydrogen) atoms. The van der Waals surface area contributed by atoms with Crippen molar-refractivity contribution >= 4 is 18.0 Å². The number of hydrogen-bond donors (Lipinski definition) is 2. The molecule has 2 N–H and O–H groups in total. The van der Waals surface area contributed by atoms with Crippen LogP contribution in [0, 0.1) is 4.77 Å². The largest absolute Gasteiger partial charge is 0.367 e. The molecule has 5 nitrogen and oxygen atoms in total. The number of aromatic nitrogens is 3. The van der Waals surface area contributed by atoms with Crippen LogP contribution in [-0.2, 0) is 0 Å². The fourth-order valence-electron chi connectivity index (χ4n) is 1.28. The van der Waals surface area contributed by atoms with Crippen LogP contribution < -0.4 is 5.32 Å². The highest BCUT2D eigenvalue weighted by atomic mass is 32.1. The van der Waals surface area contributed by atoms with Gasteiger partial charge >= 0.3 is 0 Å². The maximum atomic E-state index is 4.87. The first-order valence-corrected chi connectivity index (χ1v) is 5.55. The average molecular weight is 227 g/mol. The maximum Gasteiger partial charge on any atom is 0.215 e. The second kappa shape index (κ2) is 6.47. The van der Waals surface area contributed by atoms with Crippen LogP contribution in [0.2, 0.25) is 0 Å². The topological polar surface area (TPSA) is 56.8 Å². The third kappa shape index (κ3) is 4.35. The fourth-order valence-corrected chi connectivity index (χ4v) is 1.43. The van der Waals surface area contributed by atoms with Crippen molar-refractivity contribution in [3.8, 4) is 0 Å². The van der Waals surface area contributed by atoms with Crippen LogP contribution in [0.4, 0.5) is 5.82 Å². The van der Waals surface area contributed by atoms with Crippen molar-refractivity contribution in [3.05, 3.63) is 11.0 Å². The molecule has 1 heterocycles. The first-order valence-electron chi connectivity index (χ1n) is 5.14. The molecule has 1 aromatic rings. The molecule has 0 radical (unpaired) electrons. The first-order chi connectivity index (χ1) is 7.26. The summed E-state index contributed by atoms with van der Waals surface area (Å²) >= 11 is 4.87. The molecule has 0 aliphatic rings. The van der Waals surface area contributed by atoms with E-state index in [1.807, 2.05) is 0 Å². The average Bonchev–Trinajstić information content (AvgIpc) is 2.25. The Balaban J connectivity index is 2.34. The summed E-state index contributed by atoms with van der Waals surface area (Å²) in [7, 11) is 0. The van der Waals surface area contributed by atoms with Gasteiger partial charge in [-0.3, -0.25) is 5.10 Å². The van der Waals surface area contributed by atoms with Crippen LogP contribution >= 0.6 is 12.2 Å². The van der Waals surface area contributed by atoms with Gasteiger partial charge in [0.2, 0.25) is 4.77 Å². The lowest BCUT2D eigenvalue weighted by atomic mass is 10.4. The Hall–Kier alpha value is -1.01. The van der Waals surface area contributed by atoms with Crippen molar-refractivity contribution < 1.29 is 0 Å². The van der Waals surface area contributed by atoms with Crippen LogP contribution in [-0.4, -0.2) is 46.3 Å². The molecular weight excluding hydrogens is 210 g/mol. The minimum Gasteiger partial charge on any atom is -0.367 e. The van der Waals surface area contributed by atoms with Crippen molar-refractivity contribution in [2.75, 3.05) is 31.5 Å². The summed E-state index contributed by atoms with van der Waals surface area (Å²) < 4.78 is 0.405. The van der Waals surface area contributed by atoms with Gasteiger partial charge in [-0.05, 0) is 25.3 Å². The molecule has 84 valence electrons. The van der Waals surface area contributed by atoms with E-state index in [-0.39, 0.29) is 0 Å². The normalized spacial score (nSPS) is 10.6. The van der Waals surface area contributed by atoms with Crippen molar-refractivity contribution in [1.82, 2.24) is 20.1 Å². The van der Waals surface area contributed by atoms with E-state index in [4.69, 9.17) is 12.2 Å². The summed E-state index contributed by atoms with van der Waals surface area (Å²) in [5.41, 5.74) is 0. The lowest BCUT2D eigenvalue weighted by Crippen LogP contribution is -2.28. The fraction of sp³-hybridized carbons (Fsp3) is 0.667. The SMILES string of the molecule is CCN(CC)CCNc1cn[nH]c(=S)n1. The van der Waals surface area contributed by atoms with Gasteiger partial charge in [-0.15, -0.1) is 0 Å². The van der Waals surface area contributed by atoms with Crippen molar-refractivity contribution in [1.29, 1.82) is 0 Å². The third-order valence-corrected chi connectivity index (χ3v) is 2.38. The molecule has 6 heteroatoms. The highest BCUT2D eigenvalue weighted by Gasteiger charge is 1.98. The van der Waals surface area contributed by atoms with E-state index in [1.165, 1.54) is 0 Å². The number of likely N-dealkylation sites (N-methyl/N-ethyl adjacent to an activating group) is 1. The number of H-pyrrole nitrogens is 1. The highest BCUT2D eigenvalue weighted by Crippen LogP contribution is 1.96. The van der Waals surface area contributed by atoms with E-state index in [0.29, 0.717) is 4.77 Å². The minimum absolute atomic E-state index is 0.405. The van der Waals surface area contributed by atoms with E-state index >= 15 is 0 Å². The molecule has 1 aromatic heterocycles. The predicted octanol–water partition coefficient (Wildman–Crippen LogP) is 1.29. The predicted molar refractivity (Wildman–Crippen MR) is 63.5 cm³/mol. The van der Waals surface area contributed by atoms with E-state index in [9.17, 15) is 0 Å². The lowest BCUT2D eigenvalue weighted by molar-refractivity contribution is 0.316. The summed E-state index contributed by atoms with van der Waals surface area (Å²) in [6, 6.07) is 0. The molecule has 0 aliphatic carbocycles. The standard InChI is InChI=1S/C9H17N5S/c1-3-14(4-2)6-5-10-8-7-11-13-9(15)12-8/h7H,3-6H2,1-2H3,(H2,10,12,13,15). The maximum absolute atomic E-state index is 4.87. The number of aromatic amines is 1. The van der Waals surface area contributed by atoms with Crippen LogP contribution in [0.3, 0.4) is 0 Å². The molecule has 0 amide bonds. The Labute approximate surface area is 94.9 Å². The summed E-state index contributed by atoms with van der Waals surface area (Å²) in [5, 5.41) is 9.63. The van der Waals surface area contributed by atoms with Gasteiger partial charge in [0.1, 0.15) is 5.82 Å². The van der Waals surface area contributed by atoms with Gasteiger partial charge in [-0.2, -0.15) is 5.10 Å². The second-order valence-corrected chi connectivity index (χ2v) is 3.51. The van der Waals surface area contributed by atoms with Gasteiger partial charge in [-0.1, -0.05) is 13.8 Å². The summed E-state index contributed by atoms with van der Waals surface area (Å²) in [4.78, 5) is 6.43. The molecule has 0 atom stereocenters. The monoisotopic (exact) mass is 227 g/mol. The highest BCUT2D eigenvalue weighted by molar-refractivity contribution is 7.71. The van der Waals surface area contributed by atoms with Gasteiger partial charge in [0, 0.05) is 13.1 Å². The Morgan fingerprint density at radius 3 is 2.80 bits per heavy atom. The third-order valence-electron chi connectivity index (χ3n) is 2.20.